The molecule has 3 aromatic rings. The Morgan fingerprint density at radius 1 is 0.714 bits per heavy atom. The SMILES string of the molecule is O=C(c1ccc(Br)cc1)N1CCCN(C(=O)c2cccc3ccccc23)CC1. The van der Waals surface area contributed by atoms with Gasteiger partial charge in [0.2, 0.25) is 0 Å². The van der Waals surface area contributed by atoms with Crippen LogP contribution in [0.15, 0.2) is 71.2 Å². The topological polar surface area (TPSA) is 40.6 Å². The first-order valence-corrected chi connectivity index (χ1v) is 10.2. The molecule has 0 atom stereocenters. The molecule has 0 saturated carbocycles. The zero-order valence-corrected chi connectivity index (χ0v) is 17.1. The molecule has 1 heterocycles. The van der Waals surface area contributed by atoms with Crippen molar-refractivity contribution in [2.45, 2.75) is 6.42 Å². The average Bonchev–Trinajstić information content (AvgIpc) is 2.99. The van der Waals surface area contributed by atoms with E-state index in [4.69, 9.17) is 0 Å². The molecule has 142 valence electrons. The van der Waals surface area contributed by atoms with E-state index in [1.165, 1.54) is 0 Å². The summed E-state index contributed by atoms with van der Waals surface area (Å²) in [4.78, 5) is 29.7. The molecule has 0 aliphatic carbocycles. The molecule has 2 amide bonds. The van der Waals surface area contributed by atoms with Gasteiger partial charge in [-0.3, -0.25) is 9.59 Å². The van der Waals surface area contributed by atoms with E-state index in [0.717, 1.165) is 27.2 Å². The average molecular weight is 437 g/mol. The fourth-order valence-corrected chi connectivity index (χ4v) is 3.95. The van der Waals surface area contributed by atoms with Crippen LogP contribution in [0.25, 0.3) is 10.8 Å². The van der Waals surface area contributed by atoms with Gasteiger partial charge in [-0.1, -0.05) is 52.3 Å². The van der Waals surface area contributed by atoms with E-state index < -0.39 is 0 Å². The predicted molar refractivity (Wildman–Crippen MR) is 115 cm³/mol. The lowest BCUT2D eigenvalue weighted by Crippen LogP contribution is -2.37. The molecular weight excluding hydrogens is 416 g/mol. The first-order valence-electron chi connectivity index (χ1n) is 9.45. The Hall–Kier alpha value is -2.66. The lowest BCUT2D eigenvalue weighted by Gasteiger charge is -2.23. The number of amides is 2. The quantitative estimate of drug-likeness (QED) is 0.589. The second-order valence-electron chi connectivity index (χ2n) is 6.97. The van der Waals surface area contributed by atoms with Crippen LogP contribution < -0.4 is 0 Å². The van der Waals surface area contributed by atoms with Gasteiger partial charge in [0, 0.05) is 41.8 Å². The van der Waals surface area contributed by atoms with Crippen molar-refractivity contribution in [1.29, 1.82) is 0 Å². The highest BCUT2D eigenvalue weighted by atomic mass is 79.9. The minimum Gasteiger partial charge on any atom is -0.337 e. The molecule has 1 aliphatic rings. The third-order valence-corrected chi connectivity index (χ3v) is 5.71. The summed E-state index contributed by atoms with van der Waals surface area (Å²) in [6, 6.07) is 21.2. The van der Waals surface area contributed by atoms with Gasteiger partial charge < -0.3 is 9.80 Å². The minimum atomic E-state index is 0.0203. The number of nitrogens with zero attached hydrogens (tertiary/aromatic N) is 2. The maximum absolute atomic E-state index is 13.2. The van der Waals surface area contributed by atoms with Gasteiger partial charge in [0.15, 0.2) is 0 Å². The standard InChI is InChI=1S/C23H21BrN2O2/c24-19-11-9-18(10-12-19)22(27)25-13-4-14-26(16-15-25)23(28)21-8-3-6-17-5-1-2-7-20(17)21/h1-3,5-12H,4,13-16H2. The smallest absolute Gasteiger partial charge is 0.254 e. The maximum Gasteiger partial charge on any atom is 0.254 e. The number of benzene rings is 3. The number of carbonyl (C=O) groups is 2. The zero-order chi connectivity index (χ0) is 19.5. The molecule has 0 unspecified atom stereocenters. The number of carbonyl (C=O) groups excluding carboxylic acids is 2. The van der Waals surface area contributed by atoms with Crippen molar-refractivity contribution in [3.8, 4) is 0 Å². The molecule has 0 aromatic heterocycles. The minimum absolute atomic E-state index is 0.0203. The molecule has 4 nitrogen and oxygen atoms in total. The van der Waals surface area contributed by atoms with Crippen LogP contribution in [0.2, 0.25) is 0 Å². The molecule has 0 spiro atoms. The van der Waals surface area contributed by atoms with Crippen molar-refractivity contribution in [3.63, 3.8) is 0 Å². The summed E-state index contributed by atoms with van der Waals surface area (Å²) in [6.07, 6.45) is 0.777. The van der Waals surface area contributed by atoms with Crippen LogP contribution in [0.5, 0.6) is 0 Å². The highest BCUT2D eigenvalue weighted by molar-refractivity contribution is 9.10. The van der Waals surface area contributed by atoms with Gasteiger partial charge in [-0.15, -0.1) is 0 Å². The molecule has 0 radical (unpaired) electrons. The van der Waals surface area contributed by atoms with Gasteiger partial charge in [-0.05, 0) is 47.5 Å². The van der Waals surface area contributed by atoms with Gasteiger partial charge in [-0.2, -0.15) is 0 Å². The third kappa shape index (κ3) is 3.80. The van der Waals surface area contributed by atoms with Crippen molar-refractivity contribution in [3.05, 3.63) is 82.3 Å². The Morgan fingerprint density at radius 2 is 1.36 bits per heavy atom. The first-order chi connectivity index (χ1) is 13.6. The number of fused-ring (bicyclic) bond motifs is 1. The summed E-state index contributed by atoms with van der Waals surface area (Å²) in [6.45, 7) is 2.41. The summed E-state index contributed by atoms with van der Waals surface area (Å²) in [5, 5.41) is 2.04. The lowest BCUT2D eigenvalue weighted by atomic mass is 10.0. The molecule has 3 aromatic carbocycles. The van der Waals surface area contributed by atoms with Crippen molar-refractivity contribution in [2.24, 2.45) is 0 Å². The lowest BCUT2D eigenvalue weighted by molar-refractivity contribution is 0.0719. The number of halogens is 1. The van der Waals surface area contributed by atoms with Gasteiger partial charge >= 0.3 is 0 Å². The molecule has 5 heteroatoms. The first kappa shape index (κ1) is 18.7. The molecule has 28 heavy (non-hydrogen) atoms. The molecule has 1 aliphatic heterocycles. The van der Waals surface area contributed by atoms with E-state index in [1.54, 1.807) is 0 Å². The summed E-state index contributed by atoms with van der Waals surface area (Å²) in [7, 11) is 0. The molecule has 4 rings (SSSR count). The molecule has 0 bridgehead atoms. The Balaban J connectivity index is 1.50. The second-order valence-corrected chi connectivity index (χ2v) is 7.89. The summed E-state index contributed by atoms with van der Waals surface area (Å²) in [5.41, 5.74) is 1.41. The van der Waals surface area contributed by atoms with E-state index in [0.29, 0.717) is 31.7 Å². The van der Waals surface area contributed by atoms with Crippen LogP contribution in [0.1, 0.15) is 27.1 Å². The van der Waals surface area contributed by atoms with Gasteiger partial charge in [0.1, 0.15) is 0 Å². The fraction of sp³-hybridized carbons (Fsp3) is 0.217. The van der Waals surface area contributed by atoms with E-state index in [2.05, 4.69) is 15.9 Å². The Bertz CT molecular complexity index is 1010. The second kappa shape index (κ2) is 8.15. The van der Waals surface area contributed by atoms with E-state index in [-0.39, 0.29) is 11.8 Å². The summed E-state index contributed by atoms with van der Waals surface area (Å²) < 4.78 is 0.951. The summed E-state index contributed by atoms with van der Waals surface area (Å²) >= 11 is 3.40. The Labute approximate surface area is 172 Å². The Morgan fingerprint density at radius 3 is 2.11 bits per heavy atom. The van der Waals surface area contributed by atoms with Crippen molar-refractivity contribution in [2.75, 3.05) is 26.2 Å². The molecule has 0 N–H and O–H groups in total. The third-order valence-electron chi connectivity index (χ3n) is 5.18. The van der Waals surface area contributed by atoms with Crippen molar-refractivity contribution < 1.29 is 9.59 Å². The van der Waals surface area contributed by atoms with E-state index in [1.807, 2.05) is 76.5 Å². The fourth-order valence-electron chi connectivity index (χ4n) is 3.68. The van der Waals surface area contributed by atoms with Crippen molar-refractivity contribution >= 4 is 38.5 Å². The largest absolute Gasteiger partial charge is 0.337 e. The normalized spacial score (nSPS) is 14.8. The molecule has 1 saturated heterocycles. The zero-order valence-electron chi connectivity index (χ0n) is 15.5. The molecular formula is C23H21BrN2O2. The number of hydrogen-bond acceptors (Lipinski definition) is 2. The highest BCUT2D eigenvalue weighted by Gasteiger charge is 2.24. The highest BCUT2D eigenvalue weighted by Crippen LogP contribution is 2.21. The van der Waals surface area contributed by atoms with Gasteiger partial charge in [-0.25, -0.2) is 0 Å². The van der Waals surface area contributed by atoms with Crippen LogP contribution in [-0.2, 0) is 0 Å². The van der Waals surface area contributed by atoms with Crippen LogP contribution in [0, 0.1) is 0 Å². The monoisotopic (exact) mass is 436 g/mol. The van der Waals surface area contributed by atoms with Crippen molar-refractivity contribution in [1.82, 2.24) is 9.80 Å². The van der Waals surface area contributed by atoms with Gasteiger partial charge in [0.25, 0.3) is 11.8 Å². The van der Waals surface area contributed by atoms with E-state index >= 15 is 0 Å². The predicted octanol–water partition coefficient (Wildman–Crippen LogP) is 4.59. The Kier molecular flexibility index (Phi) is 5.44. The van der Waals surface area contributed by atoms with Crippen LogP contribution >= 0.6 is 15.9 Å². The van der Waals surface area contributed by atoms with Crippen LogP contribution in [0.4, 0.5) is 0 Å². The maximum atomic E-state index is 13.2. The van der Waals surface area contributed by atoms with E-state index in [9.17, 15) is 9.59 Å². The number of rotatable bonds is 2. The number of hydrogen-bond donors (Lipinski definition) is 0. The van der Waals surface area contributed by atoms with Crippen LogP contribution in [0.3, 0.4) is 0 Å². The van der Waals surface area contributed by atoms with Crippen LogP contribution in [-0.4, -0.2) is 47.8 Å². The summed E-state index contributed by atoms with van der Waals surface area (Å²) in [5.74, 6) is 0.0571. The van der Waals surface area contributed by atoms with Gasteiger partial charge in [0.05, 0.1) is 0 Å². The molecule has 1 fully saturated rings.